The van der Waals surface area contributed by atoms with Crippen molar-refractivity contribution in [2.45, 2.75) is 6.61 Å². The molecular weight excluding hydrogens is 234 g/mol. The topological polar surface area (TPSA) is 52.3 Å². The minimum atomic E-state index is -0.452. The summed E-state index contributed by atoms with van der Waals surface area (Å²) in [5.74, 6) is -0.452. The summed E-state index contributed by atoms with van der Waals surface area (Å²) in [4.78, 5) is 10.4. The maximum Gasteiger partial charge on any atom is 0.243 e. The van der Waals surface area contributed by atoms with Gasteiger partial charge in [-0.25, -0.2) is 0 Å². The van der Waals surface area contributed by atoms with Crippen LogP contribution in [0.2, 0.25) is 0 Å². The SMILES string of the molecule is NC(=O)COCc1ccccc1Br. The molecule has 0 aliphatic heterocycles. The van der Waals surface area contributed by atoms with Gasteiger partial charge in [-0.05, 0) is 11.6 Å². The monoisotopic (exact) mass is 243 g/mol. The summed E-state index contributed by atoms with van der Waals surface area (Å²) < 4.78 is 6.03. The van der Waals surface area contributed by atoms with Crippen molar-refractivity contribution < 1.29 is 9.53 Å². The third kappa shape index (κ3) is 3.57. The molecule has 0 aliphatic carbocycles. The Labute approximate surface area is 85.0 Å². The third-order valence-corrected chi connectivity index (χ3v) is 2.23. The predicted molar refractivity (Wildman–Crippen MR) is 53.0 cm³/mol. The molecule has 0 heterocycles. The van der Waals surface area contributed by atoms with E-state index in [2.05, 4.69) is 15.9 Å². The summed E-state index contributed by atoms with van der Waals surface area (Å²) in [7, 11) is 0. The molecule has 2 N–H and O–H groups in total. The van der Waals surface area contributed by atoms with Crippen LogP contribution in [0.4, 0.5) is 0 Å². The molecule has 0 spiro atoms. The molecule has 0 aromatic heterocycles. The number of amides is 1. The molecule has 0 fully saturated rings. The predicted octanol–water partition coefficient (Wildman–Crippen LogP) is 1.45. The van der Waals surface area contributed by atoms with E-state index >= 15 is 0 Å². The van der Waals surface area contributed by atoms with Crippen LogP contribution in [0.3, 0.4) is 0 Å². The van der Waals surface area contributed by atoms with E-state index in [1.807, 2.05) is 24.3 Å². The second-order valence-electron chi connectivity index (χ2n) is 2.55. The van der Waals surface area contributed by atoms with Gasteiger partial charge >= 0.3 is 0 Å². The first-order chi connectivity index (χ1) is 6.20. The molecular formula is C9H10BrNO2. The number of benzene rings is 1. The van der Waals surface area contributed by atoms with E-state index in [1.54, 1.807) is 0 Å². The molecule has 0 atom stereocenters. The number of halogens is 1. The lowest BCUT2D eigenvalue weighted by molar-refractivity contribution is -0.122. The van der Waals surface area contributed by atoms with Crippen molar-refractivity contribution in [3.63, 3.8) is 0 Å². The zero-order chi connectivity index (χ0) is 9.68. The van der Waals surface area contributed by atoms with Crippen molar-refractivity contribution in [1.82, 2.24) is 0 Å². The Morgan fingerprint density at radius 3 is 2.77 bits per heavy atom. The Morgan fingerprint density at radius 2 is 2.15 bits per heavy atom. The number of carbonyl (C=O) groups excluding carboxylic acids is 1. The van der Waals surface area contributed by atoms with E-state index in [1.165, 1.54) is 0 Å². The fourth-order valence-corrected chi connectivity index (χ4v) is 1.28. The van der Waals surface area contributed by atoms with Crippen LogP contribution in [0.25, 0.3) is 0 Å². The Kier molecular flexibility index (Phi) is 3.92. The van der Waals surface area contributed by atoms with E-state index in [-0.39, 0.29) is 6.61 Å². The first kappa shape index (κ1) is 10.2. The van der Waals surface area contributed by atoms with Gasteiger partial charge in [-0.15, -0.1) is 0 Å². The molecule has 13 heavy (non-hydrogen) atoms. The summed E-state index contributed by atoms with van der Waals surface area (Å²) in [6.07, 6.45) is 0. The quantitative estimate of drug-likeness (QED) is 0.871. The van der Waals surface area contributed by atoms with E-state index in [9.17, 15) is 4.79 Å². The molecule has 0 saturated heterocycles. The Hall–Kier alpha value is -0.870. The summed E-state index contributed by atoms with van der Waals surface area (Å²) in [5.41, 5.74) is 5.92. The van der Waals surface area contributed by atoms with Gasteiger partial charge in [-0.3, -0.25) is 4.79 Å². The smallest absolute Gasteiger partial charge is 0.243 e. The van der Waals surface area contributed by atoms with Crippen LogP contribution in [-0.2, 0) is 16.1 Å². The first-order valence-corrected chi connectivity index (χ1v) is 4.59. The van der Waals surface area contributed by atoms with Gasteiger partial charge in [0, 0.05) is 4.47 Å². The molecule has 0 unspecified atom stereocenters. The molecule has 1 amide bonds. The molecule has 70 valence electrons. The van der Waals surface area contributed by atoms with Gasteiger partial charge in [0.15, 0.2) is 0 Å². The molecule has 0 bridgehead atoms. The minimum Gasteiger partial charge on any atom is -0.368 e. The van der Waals surface area contributed by atoms with Gasteiger partial charge in [0.25, 0.3) is 0 Å². The van der Waals surface area contributed by atoms with Crippen molar-refractivity contribution in [3.05, 3.63) is 34.3 Å². The number of primary amides is 1. The maximum absolute atomic E-state index is 10.4. The molecule has 0 radical (unpaired) electrons. The number of ether oxygens (including phenoxy) is 1. The fourth-order valence-electron chi connectivity index (χ4n) is 0.877. The summed E-state index contributed by atoms with van der Waals surface area (Å²) in [6, 6.07) is 7.67. The summed E-state index contributed by atoms with van der Waals surface area (Å²) in [6.45, 7) is 0.353. The highest BCUT2D eigenvalue weighted by Crippen LogP contribution is 2.16. The van der Waals surface area contributed by atoms with Gasteiger partial charge in [-0.2, -0.15) is 0 Å². The zero-order valence-electron chi connectivity index (χ0n) is 7.00. The highest BCUT2D eigenvalue weighted by atomic mass is 79.9. The minimum absolute atomic E-state index is 0.0403. The van der Waals surface area contributed by atoms with Crippen LogP contribution in [0.5, 0.6) is 0 Å². The van der Waals surface area contributed by atoms with Crippen molar-refractivity contribution in [1.29, 1.82) is 0 Å². The fraction of sp³-hybridized carbons (Fsp3) is 0.222. The molecule has 3 nitrogen and oxygen atoms in total. The summed E-state index contributed by atoms with van der Waals surface area (Å²) in [5, 5.41) is 0. The van der Waals surface area contributed by atoms with Crippen molar-refractivity contribution >= 4 is 21.8 Å². The lowest BCUT2D eigenvalue weighted by Crippen LogP contribution is -2.17. The van der Waals surface area contributed by atoms with Gasteiger partial charge in [0.2, 0.25) is 5.91 Å². The van der Waals surface area contributed by atoms with Crippen molar-refractivity contribution in [2.24, 2.45) is 5.73 Å². The van der Waals surface area contributed by atoms with Crippen molar-refractivity contribution in [2.75, 3.05) is 6.61 Å². The van der Waals surface area contributed by atoms with Crippen LogP contribution in [0.1, 0.15) is 5.56 Å². The first-order valence-electron chi connectivity index (χ1n) is 3.79. The molecule has 1 aromatic carbocycles. The Bertz CT molecular complexity index is 301. The second kappa shape index (κ2) is 4.99. The van der Waals surface area contributed by atoms with E-state index in [0.717, 1.165) is 10.0 Å². The normalized spacial score (nSPS) is 9.92. The maximum atomic E-state index is 10.4. The van der Waals surface area contributed by atoms with E-state index < -0.39 is 5.91 Å². The zero-order valence-corrected chi connectivity index (χ0v) is 8.58. The Balaban J connectivity index is 2.45. The molecule has 0 aliphatic rings. The van der Waals surface area contributed by atoms with Gasteiger partial charge in [-0.1, -0.05) is 34.1 Å². The number of nitrogens with two attached hydrogens (primary N) is 1. The third-order valence-electron chi connectivity index (χ3n) is 1.46. The average Bonchev–Trinajstić information content (AvgIpc) is 2.08. The van der Waals surface area contributed by atoms with E-state index in [4.69, 9.17) is 10.5 Å². The van der Waals surface area contributed by atoms with Crippen LogP contribution < -0.4 is 5.73 Å². The van der Waals surface area contributed by atoms with Crippen LogP contribution in [0, 0.1) is 0 Å². The molecule has 0 saturated carbocycles. The second-order valence-corrected chi connectivity index (χ2v) is 3.40. The van der Waals surface area contributed by atoms with Crippen LogP contribution in [-0.4, -0.2) is 12.5 Å². The molecule has 4 heteroatoms. The van der Waals surface area contributed by atoms with Gasteiger partial charge in [0.05, 0.1) is 6.61 Å². The number of carbonyl (C=O) groups is 1. The number of rotatable bonds is 4. The molecule has 1 aromatic rings. The largest absolute Gasteiger partial charge is 0.368 e. The van der Waals surface area contributed by atoms with E-state index in [0.29, 0.717) is 6.61 Å². The average molecular weight is 244 g/mol. The number of hydrogen-bond acceptors (Lipinski definition) is 2. The lowest BCUT2D eigenvalue weighted by Gasteiger charge is -2.03. The lowest BCUT2D eigenvalue weighted by atomic mass is 10.2. The number of hydrogen-bond donors (Lipinski definition) is 1. The highest BCUT2D eigenvalue weighted by Gasteiger charge is 1.99. The Morgan fingerprint density at radius 1 is 1.46 bits per heavy atom. The highest BCUT2D eigenvalue weighted by molar-refractivity contribution is 9.10. The van der Waals surface area contributed by atoms with Crippen LogP contribution >= 0.6 is 15.9 Å². The van der Waals surface area contributed by atoms with Crippen molar-refractivity contribution in [3.8, 4) is 0 Å². The van der Waals surface area contributed by atoms with Crippen LogP contribution in [0.15, 0.2) is 28.7 Å². The van der Waals surface area contributed by atoms with Gasteiger partial charge < -0.3 is 10.5 Å². The molecule has 1 rings (SSSR count). The standard InChI is InChI=1S/C9H10BrNO2/c10-8-4-2-1-3-7(8)5-13-6-9(11)12/h1-4H,5-6H2,(H2,11,12). The van der Waals surface area contributed by atoms with Gasteiger partial charge in [0.1, 0.15) is 6.61 Å². The summed E-state index contributed by atoms with van der Waals surface area (Å²) >= 11 is 3.37.